The zero-order chi connectivity index (χ0) is 24.3. The summed E-state index contributed by atoms with van der Waals surface area (Å²) in [6.45, 7) is -1.11. The number of aromatic nitrogens is 1. The Balaban J connectivity index is 2.23. The second-order valence-electron chi connectivity index (χ2n) is 5.68. The Bertz CT molecular complexity index is 1150. The van der Waals surface area contributed by atoms with Crippen molar-refractivity contribution in [2.24, 2.45) is 5.16 Å². The quantitative estimate of drug-likeness (QED) is 0.0836. The molecule has 0 aliphatic carbocycles. The van der Waals surface area contributed by atoms with Crippen LogP contribution in [-0.4, -0.2) is 90.3 Å². The van der Waals surface area contributed by atoms with Crippen LogP contribution < -0.4 is 10.6 Å². The molecule has 4 N–H and O–H groups in total. The lowest BCUT2D eigenvalue weighted by Gasteiger charge is -2.43. The van der Waals surface area contributed by atoms with Gasteiger partial charge in [-0.1, -0.05) is 5.16 Å². The van der Waals surface area contributed by atoms with E-state index in [0.29, 0.717) is 0 Å². The molecule has 0 bridgehead atoms. The molecule has 2 atom stereocenters. The molecule has 1 saturated heterocycles. The number of hydrogen-bond donors (Lipinski definition) is 4. The predicted molar refractivity (Wildman–Crippen MR) is 107 cm³/mol. The standard InChI is InChI=1S/C12H14ClN5O11S3/c1-28-17-8(5-4-30-12(14-5)15-7(19)2-13)10(20)16-9-6(3-29-32(25,26)27)18(11(9)21)31(22,23)24/h4,6,9H,2-3H2,1H3,(H,16,20)(H,14,15,19)(H,22,23,24)(H,25,26,27)/b17-8-/t6-,9+/m0/s1. The molecule has 1 fully saturated rings. The summed E-state index contributed by atoms with van der Waals surface area (Å²) in [4.78, 5) is 44.6. The van der Waals surface area contributed by atoms with Crippen molar-refractivity contribution in [1.82, 2.24) is 14.6 Å². The van der Waals surface area contributed by atoms with Crippen molar-refractivity contribution in [3.63, 3.8) is 0 Å². The minimum atomic E-state index is -5.13. The lowest BCUT2D eigenvalue weighted by molar-refractivity contribution is -0.146. The summed E-state index contributed by atoms with van der Waals surface area (Å²) in [6.07, 6.45) is 0. The van der Waals surface area contributed by atoms with Crippen molar-refractivity contribution >= 4 is 72.2 Å². The number of rotatable bonds is 10. The third-order valence-electron chi connectivity index (χ3n) is 3.60. The third-order valence-corrected chi connectivity index (χ3v) is 5.99. The van der Waals surface area contributed by atoms with Crippen LogP contribution in [0.15, 0.2) is 10.5 Å². The van der Waals surface area contributed by atoms with Gasteiger partial charge in [0.25, 0.3) is 11.8 Å². The average molecular weight is 536 g/mol. The number of hydrogen-bond acceptors (Lipinski definition) is 12. The van der Waals surface area contributed by atoms with E-state index in [1.54, 1.807) is 0 Å². The fraction of sp³-hybridized carbons (Fsp3) is 0.417. The number of oxime groups is 1. The van der Waals surface area contributed by atoms with Crippen molar-refractivity contribution < 1.29 is 49.3 Å². The van der Waals surface area contributed by atoms with E-state index in [0.717, 1.165) is 18.4 Å². The van der Waals surface area contributed by atoms with Crippen LogP contribution in [0, 0.1) is 0 Å². The Morgan fingerprint density at radius 2 is 2.00 bits per heavy atom. The molecule has 2 rings (SSSR count). The first-order valence-corrected chi connectivity index (χ1v) is 12.1. The van der Waals surface area contributed by atoms with Crippen molar-refractivity contribution in [2.45, 2.75) is 12.1 Å². The van der Waals surface area contributed by atoms with Gasteiger partial charge >= 0.3 is 20.7 Å². The van der Waals surface area contributed by atoms with Crippen LogP contribution in [0.5, 0.6) is 0 Å². The smallest absolute Gasteiger partial charge is 0.397 e. The molecule has 0 radical (unpaired) electrons. The average Bonchev–Trinajstić information content (AvgIpc) is 3.12. The number of alkyl halides is 1. The van der Waals surface area contributed by atoms with Gasteiger partial charge in [-0.25, -0.2) is 13.5 Å². The molecule has 3 amide bonds. The Morgan fingerprint density at radius 3 is 2.53 bits per heavy atom. The van der Waals surface area contributed by atoms with Crippen molar-refractivity contribution in [3.8, 4) is 0 Å². The van der Waals surface area contributed by atoms with Crippen LogP contribution >= 0.6 is 22.9 Å². The monoisotopic (exact) mass is 535 g/mol. The highest BCUT2D eigenvalue weighted by Gasteiger charge is 2.54. The molecule has 16 nitrogen and oxygen atoms in total. The molecule has 32 heavy (non-hydrogen) atoms. The van der Waals surface area contributed by atoms with Crippen molar-refractivity contribution in [3.05, 3.63) is 11.1 Å². The number of β-lactam (4-membered cyclic amide) rings is 1. The zero-order valence-corrected chi connectivity index (χ0v) is 18.9. The molecule has 20 heteroatoms. The van der Waals surface area contributed by atoms with Gasteiger partial charge in [0.05, 0.1) is 6.61 Å². The van der Waals surface area contributed by atoms with E-state index in [4.69, 9.17) is 20.7 Å². The maximum atomic E-state index is 12.6. The normalized spacial score (nSPS) is 19.3. The number of nitrogens with one attached hydrogen (secondary N) is 2. The van der Waals surface area contributed by atoms with Crippen LogP contribution in [0.4, 0.5) is 5.13 Å². The SMILES string of the molecule is CO/N=C(\C(=O)N[C@H]1C(=O)N(S(=O)(=O)O)[C@H]1COS(=O)(=O)O)c1csc(NC(=O)CCl)n1. The third kappa shape index (κ3) is 6.31. The molecule has 0 unspecified atom stereocenters. The number of carbonyl (C=O) groups excluding carboxylic acids is 3. The minimum absolute atomic E-state index is 0.0546. The fourth-order valence-electron chi connectivity index (χ4n) is 2.38. The number of thiazole rings is 1. The van der Waals surface area contributed by atoms with Gasteiger partial charge in [-0.3, -0.25) is 23.5 Å². The number of nitrogens with zero attached hydrogens (tertiary/aromatic N) is 3. The van der Waals surface area contributed by atoms with Gasteiger partial charge in [-0.05, 0) is 0 Å². The molecule has 2 heterocycles. The highest BCUT2D eigenvalue weighted by atomic mass is 35.5. The molecular weight excluding hydrogens is 522 g/mol. The zero-order valence-electron chi connectivity index (χ0n) is 15.7. The van der Waals surface area contributed by atoms with E-state index >= 15 is 0 Å². The van der Waals surface area contributed by atoms with Crippen LogP contribution in [0.3, 0.4) is 0 Å². The molecule has 1 aliphatic rings. The predicted octanol–water partition coefficient (Wildman–Crippen LogP) is -2.01. The van der Waals surface area contributed by atoms with E-state index in [-0.39, 0.29) is 21.0 Å². The van der Waals surface area contributed by atoms with Crippen molar-refractivity contribution in [1.29, 1.82) is 0 Å². The lowest BCUT2D eigenvalue weighted by Crippen LogP contribution is -2.73. The van der Waals surface area contributed by atoms with E-state index in [1.807, 2.05) is 0 Å². The van der Waals surface area contributed by atoms with Crippen LogP contribution in [-0.2, 0) is 44.1 Å². The Morgan fingerprint density at radius 1 is 1.34 bits per heavy atom. The molecule has 1 aromatic rings. The van der Waals surface area contributed by atoms with Crippen molar-refractivity contribution in [2.75, 3.05) is 24.9 Å². The minimum Gasteiger partial charge on any atom is -0.398 e. The van der Waals surface area contributed by atoms with Gasteiger partial charge < -0.3 is 15.5 Å². The molecule has 0 spiro atoms. The highest BCUT2D eigenvalue weighted by molar-refractivity contribution is 7.84. The second kappa shape index (κ2) is 10.0. The number of amides is 3. The summed E-state index contributed by atoms with van der Waals surface area (Å²) in [5, 5.41) is 9.24. The van der Waals surface area contributed by atoms with Gasteiger partial charge in [0.2, 0.25) is 5.91 Å². The summed E-state index contributed by atoms with van der Waals surface area (Å²) < 4.78 is 65.9. The number of anilines is 1. The van der Waals surface area contributed by atoms with E-state index in [1.165, 1.54) is 5.38 Å². The first-order valence-electron chi connectivity index (χ1n) is 7.94. The van der Waals surface area contributed by atoms with Crippen LogP contribution in [0.25, 0.3) is 0 Å². The highest BCUT2D eigenvalue weighted by Crippen LogP contribution is 2.25. The summed E-state index contributed by atoms with van der Waals surface area (Å²) in [6, 6.07) is -3.41. The molecular formula is C12H14ClN5O11S3. The number of halogens is 1. The van der Waals surface area contributed by atoms with Crippen LogP contribution in [0.2, 0.25) is 0 Å². The Labute approximate surface area is 189 Å². The van der Waals surface area contributed by atoms with Gasteiger partial charge in [-0.15, -0.1) is 22.9 Å². The van der Waals surface area contributed by atoms with Gasteiger partial charge in [0.15, 0.2) is 10.8 Å². The summed E-state index contributed by atoms with van der Waals surface area (Å²) in [5.74, 6) is -3.36. The number of carbonyl (C=O) groups is 3. The topological polar surface area (TPSA) is 231 Å². The maximum Gasteiger partial charge on any atom is 0.397 e. The molecule has 178 valence electrons. The second-order valence-corrected chi connectivity index (χ2v) is 9.19. The largest absolute Gasteiger partial charge is 0.398 e. The van der Waals surface area contributed by atoms with Gasteiger partial charge in [0, 0.05) is 5.38 Å². The van der Waals surface area contributed by atoms with E-state index < -0.39 is 62.8 Å². The maximum absolute atomic E-state index is 12.6. The summed E-state index contributed by atoms with van der Waals surface area (Å²) in [5.41, 5.74) is -0.606. The molecule has 0 aromatic carbocycles. The molecule has 1 aliphatic heterocycles. The lowest BCUT2D eigenvalue weighted by atomic mass is 9.99. The van der Waals surface area contributed by atoms with E-state index in [2.05, 4.69) is 29.8 Å². The van der Waals surface area contributed by atoms with Crippen LogP contribution in [0.1, 0.15) is 5.69 Å². The van der Waals surface area contributed by atoms with E-state index in [9.17, 15) is 31.2 Å². The molecule has 1 aromatic heterocycles. The Hall–Kier alpha value is -2.42. The summed E-state index contributed by atoms with van der Waals surface area (Å²) >= 11 is 6.27. The Kier molecular flexibility index (Phi) is 8.09. The van der Waals surface area contributed by atoms with Gasteiger partial charge in [0.1, 0.15) is 30.8 Å². The first-order chi connectivity index (χ1) is 14.8. The fourth-order valence-corrected chi connectivity index (χ4v) is 4.33. The first kappa shape index (κ1) is 25.8. The van der Waals surface area contributed by atoms with Gasteiger partial charge in [-0.2, -0.15) is 16.8 Å². The summed E-state index contributed by atoms with van der Waals surface area (Å²) in [7, 11) is -9.08. The molecule has 0 saturated carbocycles.